The Morgan fingerprint density at radius 3 is 2.59 bits per heavy atom. The molecule has 0 aromatic heterocycles. The van der Waals surface area contributed by atoms with Crippen molar-refractivity contribution in [2.75, 3.05) is 0 Å². The third-order valence-electron chi connectivity index (χ3n) is 2.08. The zero-order chi connectivity index (χ0) is 12.9. The van der Waals surface area contributed by atoms with Crippen molar-refractivity contribution in [2.24, 2.45) is 4.99 Å². The number of nitrogens with zero attached hydrogens (tertiary/aromatic N) is 1. The first-order chi connectivity index (χ1) is 7.96. The zero-order valence-electron chi connectivity index (χ0n) is 9.71. The van der Waals surface area contributed by atoms with Crippen LogP contribution in [0.3, 0.4) is 0 Å². The third kappa shape index (κ3) is 4.46. The smallest absolute Gasteiger partial charge is 0.406 e. The lowest BCUT2D eigenvalue weighted by atomic mass is 10.1. The summed E-state index contributed by atoms with van der Waals surface area (Å²) in [6.07, 6.45) is -1.43. The second-order valence-corrected chi connectivity index (χ2v) is 3.48. The van der Waals surface area contributed by atoms with E-state index in [1.165, 1.54) is 12.1 Å². The summed E-state index contributed by atoms with van der Waals surface area (Å²) < 4.78 is 40.0. The average molecular weight is 245 g/mol. The Balaban J connectivity index is 3.01. The number of hydrogen-bond donors (Lipinski definition) is 0. The molecule has 0 fully saturated rings. The highest BCUT2D eigenvalue weighted by atomic mass is 19.4. The topological polar surface area (TPSA) is 21.6 Å². The van der Waals surface area contributed by atoms with E-state index in [9.17, 15) is 13.2 Å². The van der Waals surface area contributed by atoms with Gasteiger partial charge in [0.25, 0.3) is 0 Å². The third-order valence-corrected chi connectivity index (χ3v) is 2.08. The second kappa shape index (κ2) is 5.70. The van der Waals surface area contributed by atoms with Crippen molar-refractivity contribution >= 4 is 11.9 Å². The number of halogens is 3. The Labute approximate surface area is 98.1 Å². The molecule has 0 aliphatic carbocycles. The highest BCUT2D eigenvalue weighted by molar-refractivity contribution is 5.63. The maximum Gasteiger partial charge on any atom is 0.573 e. The van der Waals surface area contributed by atoms with Gasteiger partial charge in [-0.1, -0.05) is 19.4 Å². The fourth-order valence-corrected chi connectivity index (χ4v) is 1.48. The van der Waals surface area contributed by atoms with E-state index in [0.29, 0.717) is 5.69 Å². The first-order valence-corrected chi connectivity index (χ1v) is 5.33. The summed E-state index contributed by atoms with van der Waals surface area (Å²) in [4.78, 5) is 4.04. The minimum atomic E-state index is -4.67. The molecule has 0 unspecified atom stereocenters. The number of ether oxygens (including phenoxy) is 1. The summed E-state index contributed by atoms with van der Waals surface area (Å²) in [6.45, 7) is 3.71. The molecule has 1 aromatic rings. The van der Waals surface area contributed by atoms with E-state index in [2.05, 4.69) is 9.73 Å². The molecule has 0 saturated carbocycles. The van der Waals surface area contributed by atoms with Crippen LogP contribution in [0.15, 0.2) is 23.2 Å². The predicted molar refractivity (Wildman–Crippen MR) is 60.9 cm³/mol. The van der Waals surface area contributed by atoms with Gasteiger partial charge in [0.1, 0.15) is 5.75 Å². The highest BCUT2D eigenvalue weighted by Crippen LogP contribution is 2.29. The van der Waals surface area contributed by atoms with Gasteiger partial charge in [0.2, 0.25) is 0 Å². The van der Waals surface area contributed by atoms with E-state index in [1.54, 1.807) is 19.2 Å². The van der Waals surface area contributed by atoms with Crippen LogP contribution >= 0.6 is 0 Å². The molecular weight excluding hydrogens is 231 g/mol. The number of alkyl halides is 3. The summed E-state index contributed by atoms with van der Waals surface area (Å²) >= 11 is 0. The number of aliphatic imine (C=N–C) groups is 1. The largest absolute Gasteiger partial charge is 0.573 e. The van der Waals surface area contributed by atoms with Gasteiger partial charge in [-0.25, -0.2) is 0 Å². The van der Waals surface area contributed by atoms with Crippen LogP contribution in [-0.2, 0) is 6.42 Å². The number of benzene rings is 1. The lowest BCUT2D eigenvalue weighted by Gasteiger charge is -2.11. The van der Waals surface area contributed by atoms with Crippen LogP contribution in [0.1, 0.15) is 25.8 Å². The van der Waals surface area contributed by atoms with Gasteiger partial charge in [-0.05, 0) is 25.0 Å². The molecule has 0 heterocycles. The van der Waals surface area contributed by atoms with E-state index >= 15 is 0 Å². The molecule has 0 aliphatic heterocycles. The molecule has 0 spiro atoms. The lowest BCUT2D eigenvalue weighted by Crippen LogP contribution is -2.17. The maximum absolute atomic E-state index is 12.0. The van der Waals surface area contributed by atoms with Crippen molar-refractivity contribution in [3.63, 3.8) is 0 Å². The number of hydrogen-bond acceptors (Lipinski definition) is 2. The van der Waals surface area contributed by atoms with Crippen LogP contribution in [0.4, 0.5) is 18.9 Å². The molecule has 0 N–H and O–H groups in total. The minimum Gasteiger partial charge on any atom is -0.406 e. The molecule has 1 rings (SSSR count). The summed E-state index contributed by atoms with van der Waals surface area (Å²) in [5.41, 5.74) is 1.44. The fraction of sp³-hybridized carbons (Fsp3) is 0.417. The summed E-state index contributed by atoms with van der Waals surface area (Å²) in [5, 5.41) is 0. The van der Waals surface area contributed by atoms with Crippen molar-refractivity contribution in [3.05, 3.63) is 23.8 Å². The molecule has 5 heteroatoms. The van der Waals surface area contributed by atoms with E-state index in [4.69, 9.17) is 0 Å². The van der Waals surface area contributed by atoms with Gasteiger partial charge < -0.3 is 4.74 Å². The first kappa shape index (κ1) is 13.5. The van der Waals surface area contributed by atoms with Gasteiger partial charge in [0, 0.05) is 12.3 Å². The standard InChI is InChI=1S/C12H14F3NO/c1-3-5-9-6-7-10(17-12(13,14)15)8-11(9)16-4-2/h4,6-8H,3,5H2,1-2H3. The Bertz CT molecular complexity index is 399. The Kier molecular flexibility index (Phi) is 4.54. The van der Waals surface area contributed by atoms with Crippen LogP contribution in [0.5, 0.6) is 5.75 Å². The first-order valence-electron chi connectivity index (χ1n) is 5.33. The molecule has 1 aromatic carbocycles. The molecule has 0 atom stereocenters. The summed E-state index contributed by atoms with van der Waals surface area (Å²) in [7, 11) is 0. The second-order valence-electron chi connectivity index (χ2n) is 3.48. The van der Waals surface area contributed by atoms with E-state index in [-0.39, 0.29) is 5.75 Å². The molecule has 2 nitrogen and oxygen atoms in total. The molecule has 0 saturated heterocycles. The Morgan fingerprint density at radius 2 is 2.06 bits per heavy atom. The SMILES string of the molecule is CC=Nc1cc(OC(F)(F)F)ccc1CCC. The van der Waals surface area contributed by atoms with Crippen LogP contribution in [0.25, 0.3) is 0 Å². The van der Waals surface area contributed by atoms with Gasteiger partial charge in [-0.15, -0.1) is 13.2 Å². The highest BCUT2D eigenvalue weighted by Gasteiger charge is 2.31. The van der Waals surface area contributed by atoms with Gasteiger partial charge in [0.05, 0.1) is 5.69 Å². The molecule has 94 valence electrons. The zero-order valence-corrected chi connectivity index (χ0v) is 9.71. The summed E-state index contributed by atoms with van der Waals surface area (Å²) in [5.74, 6) is -0.238. The molecule has 0 bridgehead atoms. The quantitative estimate of drug-likeness (QED) is 0.726. The molecule has 0 radical (unpaired) electrons. The van der Waals surface area contributed by atoms with Crippen LogP contribution in [-0.4, -0.2) is 12.6 Å². The van der Waals surface area contributed by atoms with E-state index in [1.807, 2.05) is 6.92 Å². The Morgan fingerprint density at radius 1 is 1.35 bits per heavy atom. The number of rotatable bonds is 4. The van der Waals surface area contributed by atoms with Crippen molar-refractivity contribution in [2.45, 2.75) is 33.1 Å². The van der Waals surface area contributed by atoms with Crippen LogP contribution < -0.4 is 4.74 Å². The minimum absolute atomic E-state index is 0.238. The van der Waals surface area contributed by atoms with E-state index < -0.39 is 6.36 Å². The van der Waals surface area contributed by atoms with Gasteiger partial charge in [-0.3, -0.25) is 4.99 Å². The number of aryl methyl sites for hydroxylation is 1. The van der Waals surface area contributed by atoms with Gasteiger partial charge >= 0.3 is 6.36 Å². The molecular formula is C12H14F3NO. The fourth-order valence-electron chi connectivity index (χ4n) is 1.48. The lowest BCUT2D eigenvalue weighted by molar-refractivity contribution is -0.274. The molecule has 0 aliphatic rings. The summed E-state index contributed by atoms with van der Waals surface area (Å²) in [6, 6.07) is 4.23. The van der Waals surface area contributed by atoms with Crippen LogP contribution in [0.2, 0.25) is 0 Å². The maximum atomic E-state index is 12.0. The van der Waals surface area contributed by atoms with Crippen molar-refractivity contribution in [3.8, 4) is 5.75 Å². The Hall–Kier alpha value is -1.52. The monoisotopic (exact) mass is 245 g/mol. The van der Waals surface area contributed by atoms with Gasteiger partial charge in [0.15, 0.2) is 0 Å². The average Bonchev–Trinajstić information content (AvgIpc) is 2.20. The predicted octanol–water partition coefficient (Wildman–Crippen LogP) is 4.26. The van der Waals surface area contributed by atoms with Crippen molar-refractivity contribution < 1.29 is 17.9 Å². The van der Waals surface area contributed by atoms with Gasteiger partial charge in [-0.2, -0.15) is 0 Å². The molecule has 17 heavy (non-hydrogen) atoms. The molecule has 0 amide bonds. The van der Waals surface area contributed by atoms with E-state index in [0.717, 1.165) is 18.4 Å². The van der Waals surface area contributed by atoms with Crippen LogP contribution in [0, 0.1) is 0 Å². The van der Waals surface area contributed by atoms with Crippen molar-refractivity contribution in [1.29, 1.82) is 0 Å². The normalized spacial score (nSPS) is 12.1. The van der Waals surface area contributed by atoms with Crippen molar-refractivity contribution in [1.82, 2.24) is 0 Å².